The van der Waals surface area contributed by atoms with E-state index in [1.807, 2.05) is 13.0 Å². The van der Waals surface area contributed by atoms with Crippen LogP contribution >= 0.6 is 12.2 Å². The summed E-state index contributed by atoms with van der Waals surface area (Å²) in [6.07, 6.45) is 1.56. The Bertz CT molecular complexity index is 421. The van der Waals surface area contributed by atoms with E-state index in [0.29, 0.717) is 17.9 Å². The molecule has 92 valence electrons. The quantitative estimate of drug-likeness (QED) is 0.410. The highest BCUT2D eigenvalue weighted by molar-refractivity contribution is 7.80. The zero-order valence-electron chi connectivity index (χ0n) is 9.51. The highest BCUT2D eigenvalue weighted by atomic mass is 32.1. The SMILES string of the molecule is CCOc1ccc(C=NNC(N)=S)cc1CO. The third-order valence-electron chi connectivity index (χ3n) is 1.94. The van der Waals surface area contributed by atoms with Crippen LogP contribution < -0.4 is 15.9 Å². The summed E-state index contributed by atoms with van der Waals surface area (Å²) in [6, 6.07) is 5.40. The molecule has 17 heavy (non-hydrogen) atoms. The minimum absolute atomic E-state index is 0.0836. The molecule has 0 aliphatic rings. The van der Waals surface area contributed by atoms with Crippen molar-refractivity contribution in [2.24, 2.45) is 10.8 Å². The van der Waals surface area contributed by atoms with Gasteiger partial charge in [0.1, 0.15) is 5.75 Å². The monoisotopic (exact) mass is 253 g/mol. The number of hydrogen-bond donors (Lipinski definition) is 3. The van der Waals surface area contributed by atoms with Crippen LogP contribution in [0.2, 0.25) is 0 Å². The molecule has 4 N–H and O–H groups in total. The Labute approximate surface area is 105 Å². The Morgan fingerprint density at radius 3 is 3.00 bits per heavy atom. The van der Waals surface area contributed by atoms with Crippen molar-refractivity contribution in [2.45, 2.75) is 13.5 Å². The predicted octanol–water partition coefficient (Wildman–Crippen LogP) is 0.745. The summed E-state index contributed by atoms with van der Waals surface area (Å²) < 4.78 is 5.36. The van der Waals surface area contributed by atoms with Crippen molar-refractivity contribution in [3.63, 3.8) is 0 Å². The Hall–Kier alpha value is -1.66. The summed E-state index contributed by atoms with van der Waals surface area (Å²) in [4.78, 5) is 0. The van der Waals surface area contributed by atoms with Gasteiger partial charge in [0, 0.05) is 5.56 Å². The molecule has 0 aliphatic carbocycles. The fraction of sp³-hybridized carbons (Fsp3) is 0.273. The highest BCUT2D eigenvalue weighted by Gasteiger charge is 2.02. The lowest BCUT2D eigenvalue weighted by atomic mass is 10.1. The lowest BCUT2D eigenvalue weighted by molar-refractivity contribution is 0.267. The molecule has 0 amide bonds. The molecule has 0 atom stereocenters. The van der Waals surface area contributed by atoms with Crippen LogP contribution in [0.25, 0.3) is 0 Å². The molecule has 0 heterocycles. The summed E-state index contributed by atoms with van der Waals surface area (Å²) in [6.45, 7) is 2.37. The molecular formula is C11H15N3O2S. The first-order valence-electron chi connectivity index (χ1n) is 5.12. The molecule has 0 unspecified atom stereocenters. The Morgan fingerprint density at radius 2 is 2.41 bits per heavy atom. The molecule has 5 nitrogen and oxygen atoms in total. The van der Waals surface area contributed by atoms with E-state index in [9.17, 15) is 5.11 Å². The summed E-state index contributed by atoms with van der Waals surface area (Å²) in [7, 11) is 0. The zero-order chi connectivity index (χ0) is 12.7. The van der Waals surface area contributed by atoms with E-state index in [0.717, 1.165) is 5.56 Å². The van der Waals surface area contributed by atoms with Crippen molar-refractivity contribution in [2.75, 3.05) is 6.61 Å². The van der Waals surface area contributed by atoms with E-state index < -0.39 is 0 Å². The van der Waals surface area contributed by atoms with Crippen molar-refractivity contribution in [1.29, 1.82) is 0 Å². The Morgan fingerprint density at radius 1 is 1.65 bits per heavy atom. The molecule has 1 aromatic rings. The molecule has 0 spiro atoms. The van der Waals surface area contributed by atoms with Gasteiger partial charge in [-0.2, -0.15) is 5.10 Å². The van der Waals surface area contributed by atoms with Gasteiger partial charge in [0.05, 0.1) is 19.4 Å². The van der Waals surface area contributed by atoms with E-state index >= 15 is 0 Å². The molecule has 1 aromatic carbocycles. The number of hydrazone groups is 1. The topological polar surface area (TPSA) is 79.9 Å². The molecule has 0 aliphatic heterocycles. The van der Waals surface area contributed by atoms with Crippen LogP contribution in [-0.4, -0.2) is 23.0 Å². The smallest absolute Gasteiger partial charge is 0.184 e. The maximum atomic E-state index is 9.20. The second-order valence-electron chi connectivity index (χ2n) is 3.19. The van der Waals surface area contributed by atoms with E-state index in [4.69, 9.17) is 10.5 Å². The Kier molecular flexibility index (Phi) is 5.38. The number of aliphatic hydroxyl groups excluding tert-OH is 1. The van der Waals surface area contributed by atoms with Gasteiger partial charge in [-0.3, -0.25) is 5.43 Å². The lowest BCUT2D eigenvalue weighted by Crippen LogP contribution is -2.23. The zero-order valence-corrected chi connectivity index (χ0v) is 10.3. The third kappa shape index (κ3) is 4.38. The molecule has 0 fully saturated rings. The normalized spacial score (nSPS) is 10.5. The van der Waals surface area contributed by atoms with Crippen LogP contribution in [0, 0.1) is 0 Å². The maximum absolute atomic E-state index is 9.20. The summed E-state index contributed by atoms with van der Waals surface area (Å²) in [5.74, 6) is 0.675. The van der Waals surface area contributed by atoms with Crippen molar-refractivity contribution >= 4 is 23.5 Å². The summed E-state index contributed by atoms with van der Waals surface area (Å²) in [5.41, 5.74) is 9.21. The average molecular weight is 253 g/mol. The van der Waals surface area contributed by atoms with Gasteiger partial charge >= 0.3 is 0 Å². The second kappa shape index (κ2) is 6.82. The number of nitrogens with two attached hydrogens (primary N) is 1. The average Bonchev–Trinajstić information content (AvgIpc) is 2.30. The molecule has 0 saturated carbocycles. The number of nitrogens with zero attached hydrogens (tertiary/aromatic N) is 1. The summed E-state index contributed by atoms with van der Waals surface area (Å²) >= 11 is 4.61. The number of hydrogen-bond acceptors (Lipinski definition) is 4. The van der Waals surface area contributed by atoms with Crippen LogP contribution in [0.1, 0.15) is 18.1 Å². The molecule has 0 radical (unpaired) electrons. The van der Waals surface area contributed by atoms with Crippen LogP contribution in [0.3, 0.4) is 0 Å². The minimum Gasteiger partial charge on any atom is -0.494 e. The van der Waals surface area contributed by atoms with Crippen molar-refractivity contribution in [1.82, 2.24) is 5.43 Å². The van der Waals surface area contributed by atoms with Gasteiger partial charge in [-0.15, -0.1) is 0 Å². The summed E-state index contributed by atoms with van der Waals surface area (Å²) in [5, 5.41) is 13.1. The fourth-order valence-corrected chi connectivity index (χ4v) is 1.32. The van der Waals surface area contributed by atoms with Crippen LogP contribution in [-0.2, 0) is 6.61 Å². The molecule has 0 bridgehead atoms. The molecule has 0 aromatic heterocycles. The first kappa shape index (κ1) is 13.4. The number of rotatable bonds is 5. The number of nitrogens with one attached hydrogen (secondary N) is 1. The molecule has 1 rings (SSSR count). The molecule has 0 saturated heterocycles. The van der Waals surface area contributed by atoms with Gasteiger partial charge in [0.2, 0.25) is 0 Å². The number of ether oxygens (including phenoxy) is 1. The Balaban J connectivity index is 2.81. The van der Waals surface area contributed by atoms with Gasteiger partial charge < -0.3 is 15.6 Å². The van der Waals surface area contributed by atoms with E-state index in [2.05, 4.69) is 22.7 Å². The van der Waals surface area contributed by atoms with Gasteiger partial charge in [0.15, 0.2) is 5.11 Å². The van der Waals surface area contributed by atoms with Crippen molar-refractivity contribution < 1.29 is 9.84 Å². The minimum atomic E-state index is -0.0836. The van der Waals surface area contributed by atoms with Gasteiger partial charge in [-0.1, -0.05) is 0 Å². The fourth-order valence-electron chi connectivity index (χ4n) is 1.27. The van der Waals surface area contributed by atoms with Crippen LogP contribution in [0.15, 0.2) is 23.3 Å². The third-order valence-corrected chi connectivity index (χ3v) is 2.03. The highest BCUT2D eigenvalue weighted by Crippen LogP contribution is 2.19. The first-order valence-corrected chi connectivity index (χ1v) is 5.53. The largest absolute Gasteiger partial charge is 0.494 e. The van der Waals surface area contributed by atoms with Crippen LogP contribution in [0.4, 0.5) is 0 Å². The molecule has 6 heteroatoms. The van der Waals surface area contributed by atoms with E-state index in [1.54, 1.807) is 18.3 Å². The maximum Gasteiger partial charge on any atom is 0.184 e. The molecular weight excluding hydrogens is 238 g/mol. The van der Waals surface area contributed by atoms with Gasteiger partial charge in [0.25, 0.3) is 0 Å². The second-order valence-corrected chi connectivity index (χ2v) is 3.63. The first-order chi connectivity index (χ1) is 8.17. The predicted molar refractivity (Wildman–Crippen MR) is 71.0 cm³/mol. The van der Waals surface area contributed by atoms with E-state index in [-0.39, 0.29) is 11.7 Å². The van der Waals surface area contributed by atoms with Crippen LogP contribution in [0.5, 0.6) is 5.75 Å². The standard InChI is InChI=1S/C11H15N3O2S/c1-2-16-10-4-3-8(5-9(10)7-15)6-13-14-11(12)17/h3-6,15H,2,7H2,1H3,(H3,12,14,17). The lowest BCUT2D eigenvalue weighted by Gasteiger charge is -2.08. The van der Waals surface area contributed by atoms with Gasteiger partial charge in [-0.25, -0.2) is 0 Å². The number of thiocarbonyl (C=S) groups is 1. The number of aliphatic hydroxyl groups is 1. The van der Waals surface area contributed by atoms with Gasteiger partial charge in [-0.05, 0) is 42.9 Å². The number of benzene rings is 1. The van der Waals surface area contributed by atoms with E-state index in [1.165, 1.54) is 0 Å². The van der Waals surface area contributed by atoms with Crippen molar-refractivity contribution in [3.8, 4) is 5.75 Å². The van der Waals surface area contributed by atoms with Crippen molar-refractivity contribution in [3.05, 3.63) is 29.3 Å².